The standard InChI is InChI=1S/C21H28N4O3/c1-14(2)11-24-21(27)23-12-17-8-7-16(10-19(23)22-24)25(17)20(26)13-28-18-6-4-5-15(3)9-18/h4-6,9,14,16-17H,7-8,10-13H2,1-3H3/t16-,17+/m0/s1. The molecule has 1 fully saturated rings. The van der Waals surface area contributed by atoms with Crippen LogP contribution in [0.3, 0.4) is 0 Å². The summed E-state index contributed by atoms with van der Waals surface area (Å²) < 4.78 is 9.09. The zero-order chi connectivity index (χ0) is 19.8. The van der Waals surface area contributed by atoms with Crippen molar-refractivity contribution in [2.45, 2.75) is 65.2 Å². The van der Waals surface area contributed by atoms with Crippen LogP contribution in [0.5, 0.6) is 5.75 Å². The molecule has 7 heteroatoms. The van der Waals surface area contributed by atoms with E-state index < -0.39 is 0 Å². The summed E-state index contributed by atoms with van der Waals surface area (Å²) in [7, 11) is 0. The van der Waals surface area contributed by atoms with Gasteiger partial charge in [0.15, 0.2) is 6.61 Å². The number of carbonyl (C=O) groups excluding carboxylic acids is 1. The van der Waals surface area contributed by atoms with Crippen molar-refractivity contribution in [3.63, 3.8) is 0 Å². The number of aromatic nitrogens is 3. The molecule has 7 nitrogen and oxygen atoms in total. The third-order valence-electron chi connectivity index (χ3n) is 5.61. The summed E-state index contributed by atoms with van der Waals surface area (Å²) in [6.45, 7) is 7.33. The Morgan fingerprint density at radius 1 is 1.29 bits per heavy atom. The van der Waals surface area contributed by atoms with Crippen LogP contribution in [0.2, 0.25) is 0 Å². The Kier molecular flexibility index (Phi) is 5.00. The van der Waals surface area contributed by atoms with Gasteiger partial charge in [0.1, 0.15) is 11.6 Å². The Morgan fingerprint density at radius 2 is 2.07 bits per heavy atom. The van der Waals surface area contributed by atoms with Gasteiger partial charge in [-0.25, -0.2) is 9.48 Å². The van der Waals surface area contributed by atoms with Gasteiger partial charge in [0.25, 0.3) is 5.91 Å². The average molecular weight is 384 g/mol. The van der Waals surface area contributed by atoms with Gasteiger partial charge in [0.2, 0.25) is 0 Å². The number of benzene rings is 1. The van der Waals surface area contributed by atoms with Crippen molar-refractivity contribution >= 4 is 5.91 Å². The van der Waals surface area contributed by atoms with Gasteiger partial charge in [0.05, 0.1) is 6.04 Å². The quantitative estimate of drug-likeness (QED) is 0.791. The topological polar surface area (TPSA) is 69.4 Å². The molecular formula is C21H28N4O3. The Hall–Kier alpha value is -2.57. The van der Waals surface area contributed by atoms with Crippen molar-refractivity contribution in [3.8, 4) is 5.75 Å². The van der Waals surface area contributed by atoms with Crippen LogP contribution in [0.1, 0.15) is 38.1 Å². The summed E-state index contributed by atoms with van der Waals surface area (Å²) in [6.07, 6.45) is 2.50. The largest absolute Gasteiger partial charge is 0.484 e. The first-order valence-corrected chi connectivity index (χ1v) is 10.1. The van der Waals surface area contributed by atoms with Gasteiger partial charge in [-0.1, -0.05) is 26.0 Å². The lowest BCUT2D eigenvalue weighted by atomic mass is 10.1. The minimum atomic E-state index is -0.0559. The number of ether oxygens (including phenoxy) is 1. The Morgan fingerprint density at radius 3 is 2.82 bits per heavy atom. The highest BCUT2D eigenvalue weighted by atomic mass is 16.5. The van der Waals surface area contributed by atoms with Crippen molar-refractivity contribution in [1.82, 2.24) is 19.2 Å². The van der Waals surface area contributed by atoms with Crippen LogP contribution in [0.15, 0.2) is 29.1 Å². The number of aryl methyl sites for hydroxylation is 1. The van der Waals surface area contributed by atoms with E-state index in [0.29, 0.717) is 31.2 Å². The van der Waals surface area contributed by atoms with E-state index in [2.05, 4.69) is 18.9 Å². The molecular weight excluding hydrogens is 356 g/mol. The lowest BCUT2D eigenvalue weighted by Crippen LogP contribution is -2.45. The first-order valence-electron chi connectivity index (χ1n) is 10.1. The lowest BCUT2D eigenvalue weighted by molar-refractivity contribution is -0.136. The smallest absolute Gasteiger partial charge is 0.345 e. The second kappa shape index (κ2) is 7.45. The third-order valence-corrected chi connectivity index (χ3v) is 5.61. The fraction of sp³-hybridized carbons (Fsp3) is 0.571. The molecule has 1 amide bonds. The molecule has 0 saturated carbocycles. The highest BCUT2D eigenvalue weighted by molar-refractivity contribution is 5.79. The van der Waals surface area contributed by atoms with Gasteiger partial charge in [0, 0.05) is 25.6 Å². The zero-order valence-corrected chi connectivity index (χ0v) is 16.8. The van der Waals surface area contributed by atoms with Gasteiger partial charge in [-0.15, -0.1) is 0 Å². The Bertz CT molecular complexity index is 930. The summed E-state index contributed by atoms with van der Waals surface area (Å²) in [5.41, 5.74) is 1.04. The molecule has 2 aliphatic heterocycles. The molecule has 1 aromatic heterocycles. The summed E-state index contributed by atoms with van der Waals surface area (Å²) in [5, 5.41) is 4.56. The molecule has 0 aliphatic carbocycles. The molecule has 1 saturated heterocycles. The van der Waals surface area contributed by atoms with Crippen LogP contribution in [-0.4, -0.2) is 43.8 Å². The van der Waals surface area contributed by atoms with Crippen LogP contribution in [-0.2, 0) is 24.3 Å². The molecule has 28 heavy (non-hydrogen) atoms. The van der Waals surface area contributed by atoms with E-state index in [1.54, 1.807) is 9.25 Å². The molecule has 3 heterocycles. The predicted molar refractivity (Wildman–Crippen MR) is 105 cm³/mol. The predicted octanol–water partition coefficient (Wildman–Crippen LogP) is 2.00. The molecule has 150 valence electrons. The van der Waals surface area contributed by atoms with Gasteiger partial charge >= 0.3 is 5.69 Å². The lowest BCUT2D eigenvalue weighted by Gasteiger charge is -2.27. The number of fused-ring (bicyclic) bond motifs is 3. The van der Waals surface area contributed by atoms with Crippen LogP contribution in [0.25, 0.3) is 0 Å². The Labute approximate surface area is 164 Å². The Balaban J connectivity index is 1.48. The van der Waals surface area contributed by atoms with E-state index >= 15 is 0 Å². The highest BCUT2D eigenvalue weighted by Crippen LogP contribution is 2.30. The van der Waals surface area contributed by atoms with E-state index in [9.17, 15) is 9.59 Å². The van der Waals surface area contributed by atoms with E-state index in [1.165, 1.54) is 0 Å². The van der Waals surface area contributed by atoms with Gasteiger partial charge in [-0.2, -0.15) is 5.10 Å². The second-order valence-corrected chi connectivity index (χ2v) is 8.38. The third kappa shape index (κ3) is 3.57. The fourth-order valence-electron chi connectivity index (χ4n) is 4.38. The molecule has 0 spiro atoms. The summed E-state index contributed by atoms with van der Waals surface area (Å²) in [6, 6.07) is 7.84. The van der Waals surface area contributed by atoms with E-state index in [0.717, 1.165) is 24.2 Å². The molecule has 2 aromatic rings. The molecule has 2 atom stereocenters. The highest BCUT2D eigenvalue weighted by Gasteiger charge is 2.41. The fourth-order valence-corrected chi connectivity index (χ4v) is 4.38. The van der Waals surface area contributed by atoms with Crippen molar-refractivity contribution in [2.75, 3.05) is 6.61 Å². The minimum absolute atomic E-state index is 0.0118. The van der Waals surface area contributed by atoms with E-state index in [1.807, 2.05) is 36.1 Å². The normalized spacial score (nSPS) is 20.9. The van der Waals surface area contributed by atoms with Crippen LogP contribution >= 0.6 is 0 Å². The number of hydrogen-bond acceptors (Lipinski definition) is 4. The number of amides is 1. The summed E-state index contributed by atoms with van der Waals surface area (Å²) in [5.74, 6) is 1.86. The van der Waals surface area contributed by atoms with Crippen molar-refractivity contribution in [1.29, 1.82) is 0 Å². The van der Waals surface area contributed by atoms with Gasteiger partial charge < -0.3 is 9.64 Å². The van der Waals surface area contributed by atoms with Gasteiger partial charge in [-0.3, -0.25) is 9.36 Å². The zero-order valence-electron chi connectivity index (χ0n) is 16.8. The van der Waals surface area contributed by atoms with Crippen molar-refractivity contribution in [2.24, 2.45) is 5.92 Å². The van der Waals surface area contributed by atoms with Crippen molar-refractivity contribution in [3.05, 3.63) is 46.1 Å². The van der Waals surface area contributed by atoms with E-state index in [4.69, 9.17) is 4.74 Å². The molecule has 0 radical (unpaired) electrons. The molecule has 4 rings (SSSR count). The molecule has 0 unspecified atom stereocenters. The number of carbonyl (C=O) groups is 1. The maximum absolute atomic E-state index is 12.9. The number of hydrogen-bond donors (Lipinski definition) is 0. The number of rotatable bonds is 5. The number of nitrogens with zero attached hydrogens (tertiary/aromatic N) is 4. The van der Waals surface area contributed by atoms with Crippen LogP contribution in [0, 0.1) is 12.8 Å². The van der Waals surface area contributed by atoms with Crippen molar-refractivity contribution < 1.29 is 9.53 Å². The SMILES string of the molecule is Cc1cccc(OCC(=O)N2[C@@H]3CC[C@H]2Cc2nn(CC(C)C)c(=O)n2C3)c1. The maximum Gasteiger partial charge on any atom is 0.345 e. The molecule has 0 N–H and O–H groups in total. The molecule has 1 aromatic carbocycles. The molecule has 2 bridgehead atoms. The first-order chi connectivity index (χ1) is 13.4. The van der Waals surface area contributed by atoms with E-state index in [-0.39, 0.29) is 30.3 Å². The average Bonchev–Trinajstić information content (AvgIpc) is 3.09. The van der Waals surface area contributed by atoms with Gasteiger partial charge in [-0.05, 0) is 43.4 Å². The monoisotopic (exact) mass is 384 g/mol. The summed E-state index contributed by atoms with van der Waals surface area (Å²) in [4.78, 5) is 27.6. The maximum atomic E-state index is 12.9. The molecule has 2 aliphatic rings. The van der Waals surface area contributed by atoms with Crippen LogP contribution in [0.4, 0.5) is 0 Å². The first kappa shape index (κ1) is 18.8. The van der Waals surface area contributed by atoms with Crippen LogP contribution < -0.4 is 10.4 Å². The second-order valence-electron chi connectivity index (χ2n) is 8.38. The minimum Gasteiger partial charge on any atom is -0.484 e. The summed E-state index contributed by atoms with van der Waals surface area (Å²) >= 11 is 0.